The van der Waals surface area contributed by atoms with E-state index in [9.17, 15) is 0 Å². The van der Waals surface area contributed by atoms with Gasteiger partial charge in [0.05, 0.1) is 10.0 Å². The first kappa shape index (κ1) is 17.2. The van der Waals surface area contributed by atoms with E-state index in [0.717, 1.165) is 25.6 Å². The van der Waals surface area contributed by atoms with E-state index in [4.69, 9.17) is 33.7 Å². The predicted octanol–water partition coefficient (Wildman–Crippen LogP) is 3.46. The zero-order valence-corrected chi connectivity index (χ0v) is 14.1. The molecule has 3 atom stereocenters. The van der Waals surface area contributed by atoms with Crippen molar-refractivity contribution in [1.29, 1.82) is 0 Å². The summed E-state index contributed by atoms with van der Waals surface area (Å²) in [6.45, 7) is 3.77. The Morgan fingerprint density at radius 1 is 1.19 bits per heavy atom. The summed E-state index contributed by atoms with van der Waals surface area (Å²) in [7, 11) is 0. The highest BCUT2D eigenvalue weighted by molar-refractivity contribution is 6.37. The number of rotatable bonds is 4. The normalized spacial score (nSPS) is 28.2. The first-order valence-corrected chi connectivity index (χ1v) is 7.95. The number of para-hydroxylation sites is 1. The molecule has 1 aliphatic heterocycles. The Hall–Kier alpha value is -0.190. The SMILES string of the molecule is Cl.NC1CCC2CN(CCOc3c(Cl)cccc3Cl)CC12. The Balaban J connectivity index is 0.00000161. The Morgan fingerprint density at radius 3 is 2.57 bits per heavy atom. The molecule has 0 aromatic heterocycles. The maximum absolute atomic E-state index is 6.15. The fraction of sp³-hybridized carbons (Fsp3) is 0.600. The molecule has 118 valence electrons. The molecular formula is C15H21Cl3N2O. The summed E-state index contributed by atoms with van der Waals surface area (Å²) in [5, 5.41) is 1.13. The average Bonchev–Trinajstić information content (AvgIpc) is 2.96. The molecular weight excluding hydrogens is 331 g/mol. The summed E-state index contributed by atoms with van der Waals surface area (Å²) in [5.41, 5.74) is 6.15. The van der Waals surface area contributed by atoms with Gasteiger partial charge in [0.25, 0.3) is 0 Å². The Labute approximate surface area is 142 Å². The summed E-state index contributed by atoms with van der Waals surface area (Å²) in [4.78, 5) is 2.44. The van der Waals surface area contributed by atoms with Crippen molar-refractivity contribution in [2.24, 2.45) is 17.6 Å². The van der Waals surface area contributed by atoms with Crippen LogP contribution in [0.25, 0.3) is 0 Å². The van der Waals surface area contributed by atoms with Crippen LogP contribution in [0.5, 0.6) is 5.75 Å². The van der Waals surface area contributed by atoms with Crippen LogP contribution in [0.2, 0.25) is 10.0 Å². The molecule has 1 aromatic rings. The van der Waals surface area contributed by atoms with Crippen molar-refractivity contribution in [2.45, 2.75) is 18.9 Å². The van der Waals surface area contributed by atoms with E-state index < -0.39 is 0 Å². The Bertz CT molecular complexity index is 466. The van der Waals surface area contributed by atoms with Gasteiger partial charge in [-0.2, -0.15) is 0 Å². The summed E-state index contributed by atoms with van der Waals surface area (Å²) in [6, 6.07) is 5.80. The van der Waals surface area contributed by atoms with Crippen LogP contribution in [0.4, 0.5) is 0 Å². The van der Waals surface area contributed by atoms with Crippen LogP contribution in [-0.4, -0.2) is 37.2 Å². The van der Waals surface area contributed by atoms with Gasteiger partial charge in [0.2, 0.25) is 0 Å². The van der Waals surface area contributed by atoms with Crippen LogP contribution in [0.15, 0.2) is 18.2 Å². The molecule has 21 heavy (non-hydrogen) atoms. The molecule has 6 heteroatoms. The smallest absolute Gasteiger partial charge is 0.156 e. The van der Waals surface area contributed by atoms with Crippen LogP contribution in [0, 0.1) is 11.8 Å². The second-order valence-electron chi connectivity index (χ2n) is 5.82. The van der Waals surface area contributed by atoms with Crippen LogP contribution >= 0.6 is 35.6 Å². The topological polar surface area (TPSA) is 38.5 Å². The first-order chi connectivity index (χ1) is 9.65. The number of hydrogen-bond acceptors (Lipinski definition) is 3. The molecule has 0 spiro atoms. The van der Waals surface area contributed by atoms with E-state index in [-0.39, 0.29) is 12.4 Å². The van der Waals surface area contributed by atoms with Gasteiger partial charge >= 0.3 is 0 Å². The molecule has 1 aliphatic carbocycles. The van der Waals surface area contributed by atoms with Gasteiger partial charge in [-0.15, -0.1) is 12.4 Å². The van der Waals surface area contributed by atoms with Crippen molar-refractivity contribution in [3.8, 4) is 5.75 Å². The maximum atomic E-state index is 6.15. The van der Waals surface area contributed by atoms with Crippen molar-refractivity contribution in [3.63, 3.8) is 0 Å². The quantitative estimate of drug-likeness (QED) is 0.903. The van der Waals surface area contributed by atoms with E-state index in [1.165, 1.54) is 12.8 Å². The Morgan fingerprint density at radius 2 is 1.90 bits per heavy atom. The number of benzene rings is 1. The highest BCUT2D eigenvalue weighted by Gasteiger charge is 2.40. The maximum Gasteiger partial charge on any atom is 0.156 e. The van der Waals surface area contributed by atoms with E-state index >= 15 is 0 Å². The van der Waals surface area contributed by atoms with Gasteiger partial charge in [-0.1, -0.05) is 29.3 Å². The number of nitrogens with two attached hydrogens (primary N) is 1. The molecule has 3 unspecified atom stereocenters. The van der Waals surface area contributed by atoms with Crippen LogP contribution < -0.4 is 10.5 Å². The summed E-state index contributed by atoms with van der Waals surface area (Å²) >= 11 is 12.2. The molecule has 0 amide bonds. The lowest BCUT2D eigenvalue weighted by molar-refractivity contribution is 0.226. The average molecular weight is 352 g/mol. The van der Waals surface area contributed by atoms with Crippen LogP contribution in [0.3, 0.4) is 0 Å². The van der Waals surface area contributed by atoms with Crippen molar-refractivity contribution in [1.82, 2.24) is 4.90 Å². The molecule has 3 nitrogen and oxygen atoms in total. The van der Waals surface area contributed by atoms with Crippen molar-refractivity contribution < 1.29 is 4.74 Å². The van der Waals surface area contributed by atoms with Gasteiger partial charge in [-0.25, -0.2) is 0 Å². The van der Waals surface area contributed by atoms with Gasteiger partial charge in [-0.05, 0) is 36.8 Å². The van der Waals surface area contributed by atoms with Crippen molar-refractivity contribution in [3.05, 3.63) is 28.2 Å². The highest BCUT2D eigenvalue weighted by atomic mass is 35.5. The molecule has 2 aliphatic rings. The lowest BCUT2D eigenvalue weighted by Gasteiger charge is -2.19. The molecule has 1 saturated carbocycles. The minimum absolute atomic E-state index is 0. The van der Waals surface area contributed by atoms with Crippen molar-refractivity contribution >= 4 is 35.6 Å². The van der Waals surface area contributed by atoms with Gasteiger partial charge in [0, 0.05) is 25.7 Å². The third kappa shape index (κ3) is 3.77. The molecule has 1 aromatic carbocycles. The molecule has 3 rings (SSSR count). The molecule has 0 bridgehead atoms. The molecule has 2 fully saturated rings. The minimum atomic E-state index is 0. The summed E-state index contributed by atoms with van der Waals surface area (Å²) < 4.78 is 5.74. The summed E-state index contributed by atoms with van der Waals surface area (Å²) in [6.07, 6.45) is 2.47. The van der Waals surface area contributed by atoms with E-state index in [1.54, 1.807) is 12.1 Å². The second kappa shape index (κ2) is 7.38. The third-order valence-electron chi connectivity index (χ3n) is 4.56. The zero-order chi connectivity index (χ0) is 14.1. The minimum Gasteiger partial charge on any atom is -0.489 e. The fourth-order valence-electron chi connectivity index (χ4n) is 3.48. The van der Waals surface area contributed by atoms with E-state index in [0.29, 0.717) is 34.4 Å². The Kier molecular flexibility index (Phi) is 6.04. The standard InChI is InChI=1S/C15H20Cl2N2O.ClH/c16-12-2-1-3-13(17)15(12)20-7-6-19-8-10-4-5-14(18)11(10)9-19;/h1-3,10-11,14H,4-9,18H2;1H. The third-order valence-corrected chi connectivity index (χ3v) is 5.16. The van der Waals surface area contributed by atoms with Gasteiger partial charge in [0.15, 0.2) is 5.75 Å². The molecule has 1 saturated heterocycles. The monoisotopic (exact) mass is 350 g/mol. The van der Waals surface area contributed by atoms with Gasteiger partial charge in [-0.3, -0.25) is 4.90 Å². The number of likely N-dealkylation sites (tertiary alicyclic amines) is 1. The number of fused-ring (bicyclic) bond motifs is 1. The van der Waals surface area contributed by atoms with Gasteiger partial charge in [0.1, 0.15) is 6.61 Å². The number of halogens is 3. The number of nitrogens with zero attached hydrogens (tertiary/aromatic N) is 1. The first-order valence-electron chi connectivity index (χ1n) is 7.20. The number of hydrogen-bond donors (Lipinski definition) is 1. The van der Waals surface area contributed by atoms with Crippen LogP contribution in [0.1, 0.15) is 12.8 Å². The fourth-order valence-corrected chi connectivity index (χ4v) is 3.99. The summed E-state index contributed by atoms with van der Waals surface area (Å²) in [5.74, 6) is 2.06. The number of ether oxygens (including phenoxy) is 1. The lowest BCUT2D eigenvalue weighted by atomic mass is 9.98. The second-order valence-corrected chi connectivity index (χ2v) is 6.64. The zero-order valence-electron chi connectivity index (χ0n) is 11.8. The highest BCUT2D eigenvalue weighted by Crippen LogP contribution is 2.37. The van der Waals surface area contributed by atoms with Crippen LogP contribution in [-0.2, 0) is 0 Å². The molecule has 1 heterocycles. The molecule has 0 radical (unpaired) electrons. The van der Waals surface area contributed by atoms with E-state index in [1.807, 2.05) is 6.07 Å². The largest absolute Gasteiger partial charge is 0.489 e. The lowest BCUT2D eigenvalue weighted by Crippen LogP contribution is -2.32. The van der Waals surface area contributed by atoms with E-state index in [2.05, 4.69) is 4.90 Å². The molecule has 2 N–H and O–H groups in total. The van der Waals surface area contributed by atoms with Crippen molar-refractivity contribution in [2.75, 3.05) is 26.2 Å². The predicted molar refractivity (Wildman–Crippen MR) is 89.8 cm³/mol. The van der Waals surface area contributed by atoms with Gasteiger partial charge < -0.3 is 10.5 Å².